The third kappa shape index (κ3) is 5.86. The van der Waals surface area contributed by atoms with Crippen LogP contribution in [0.1, 0.15) is 62.6 Å². The van der Waals surface area contributed by atoms with Gasteiger partial charge >= 0.3 is 0 Å². The van der Waals surface area contributed by atoms with Crippen molar-refractivity contribution in [2.45, 2.75) is 64.3 Å². The van der Waals surface area contributed by atoms with Crippen LogP contribution in [0.3, 0.4) is 0 Å². The van der Waals surface area contributed by atoms with Gasteiger partial charge in [0.2, 0.25) is 5.91 Å². The van der Waals surface area contributed by atoms with Gasteiger partial charge < -0.3 is 15.0 Å². The maximum atomic E-state index is 13.6. The van der Waals surface area contributed by atoms with E-state index in [-0.39, 0.29) is 24.0 Å². The Morgan fingerprint density at radius 2 is 1.74 bits per heavy atom. The molecule has 1 aliphatic rings. The smallest absolute Gasteiger partial charge is 0.255 e. The Morgan fingerprint density at radius 1 is 1.10 bits per heavy atom. The number of amides is 2. The van der Waals surface area contributed by atoms with Crippen molar-refractivity contribution < 1.29 is 14.3 Å². The lowest BCUT2D eigenvalue weighted by Gasteiger charge is -2.40. The highest BCUT2D eigenvalue weighted by Crippen LogP contribution is 2.44. The molecule has 0 aliphatic carbocycles. The highest BCUT2D eigenvalue weighted by Gasteiger charge is 2.54. The van der Waals surface area contributed by atoms with Crippen molar-refractivity contribution in [3.8, 4) is 0 Å². The Balaban J connectivity index is 1.94. The first-order valence-electron chi connectivity index (χ1n) is 10.8. The van der Waals surface area contributed by atoms with Crippen LogP contribution in [0.4, 0.5) is 0 Å². The summed E-state index contributed by atoms with van der Waals surface area (Å²) in [6, 6.07) is 16.6. The second-order valence-corrected chi connectivity index (χ2v) is 10.1. The molecule has 2 aromatic rings. The number of rotatable bonds is 8. The predicted molar refractivity (Wildman–Crippen MR) is 131 cm³/mol. The monoisotopic (exact) mass is 534 g/mol. The maximum Gasteiger partial charge on any atom is 0.255 e. The minimum atomic E-state index is -0.714. The molecular formula is C25H31IN2O3. The van der Waals surface area contributed by atoms with E-state index in [0.29, 0.717) is 12.1 Å². The summed E-state index contributed by atoms with van der Waals surface area (Å²) in [6.07, 6.45) is 1.31. The van der Waals surface area contributed by atoms with Crippen LogP contribution >= 0.6 is 22.6 Å². The van der Waals surface area contributed by atoms with E-state index in [0.717, 1.165) is 22.0 Å². The molecule has 1 unspecified atom stereocenters. The van der Waals surface area contributed by atoms with Gasteiger partial charge in [-0.15, -0.1) is 0 Å². The van der Waals surface area contributed by atoms with Gasteiger partial charge in [0, 0.05) is 21.2 Å². The van der Waals surface area contributed by atoms with Crippen molar-refractivity contribution in [3.05, 3.63) is 69.3 Å². The molecule has 1 heterocycles. The summed E-state index contributed by atoms with van der Waals surface area (Å²) in [7, 11) is 0. The van der Waals surface area contributed by atoms with E-state index in [1.807, 2.05) is 75.4 Å². The lowest BCUT2D eigenvalue weighted by Crippen LogP contribution is -2.59. The van der Waals surface area contributed by atoms with Gasteiger partial charge in [0.25, 0.3) is 5.91 Å². The zero-order valence-corrected chi connectivity index (χ0v) is 20.8. The number of nitrogens with one attached hydrogen (secondary N) is 1. The van der Waals surface area contributed by atoms with Crippen molar-refractivity contribution in [3.63, 3.8) is 0 Å². The number of unbranched alkanes of at least 4 members (excludes halogenated alkanes) is 1. The van der Waals surface area contributed by atoms with Gasteiger partial charge in [0.1, 0.15) is 18.2 Å². The van der Waals surface area contributed by atoms with E-state index in [4.69, 9.17) is 4.74 Å². The number of benzene rings is 2. The fourth-order valence-corrected chi connectivity index (χ4v) is 4.12. The molecule has 2 aromatic carbocycles. The summed E-state index contributed by atoms with van der Waals surface area (Å²) in [4.78, 5) is 28.7. The molecule has 166 valence electrons. The van der Waals surface area contributed by atoms with Crippen molar-refractivity contribution in [1.29, 1.82) is 0 Å². The highest BCUT2D eigenvalue weighted by molar-refractivity contribution is 14.1. The van der Waals surface area contributed by atoms with E-state index in [1.165, 1.54) is 0 Å². The lowest BCUT2D eigenvalue weighted by atomic mass is 9.95. The van der Waals surface area contributed by atoms with E-state index in [2.05, 4.69) is 34.8 Å². The van der Waals surface area contributed by atoms with E-state index in [1.54, 1.807) is 4.90 Å². The minimum Gasteiger partial charge on any atom is -0.362 e. The van der Waals surface area contributed by atoms with Gasteiger partial charge in [-0.2, -0.15) is 0 Å². The molecule has 1 aliphatic heterocycles. The Hall–Kier alpha value is -1.93. The summed E-state index contributed by atoms with van der Waals surface area (Å²) in [5.74, 6) is -0.326. The number of halogens is 1. The van der Waals surface area contributed by atoms with E-state index < -0.39 is 11.6 Å². The summed E-state index contributed by atoms with van der Waals surface area (Å²) < 4.78 is 7.07. The fourth-order valence-electron chi connectivity index (χ4n) is 3.76. The zero-order valence-electron chi connectivity index (χ0n) is 18.6. The molecule has 1 fully saturated rings. The van der Waals surface area contributed by atoms with Crippen molar-refractivity contribution in [2.75, 3.05) is 6.54 Å². The molecule has 0 spiro atoms. The minimum absolute atomic E-state index is 0.161. The standard InChI is InChI=1S/C25H31IN2O3/c1-5-6-16-27-23(29)20(22-21(31-22)17-10-8-7-9-11-17)28(25(2,3)4)24(30)18-12-14-19(26)15-13-18/h7-15,20-22H,5-6,16H2,1-4H3,(H,27,29)/t20?,21-,22-/m1/s1. The summed E-state index contributed by atoms with van der Waals surface area (Å²) in [5.41, 5.74) is 1.02. The molecule has 6 heteroatoms. The molecule has 3 atom stereocenters. The van der Waals surface area contributed by atoms with Crippen LogP contribution in [0.5, 0.6) is 0 Å². The average Bonchev–Trinajstić information content (AvgIpc) is 3.52. The number of nitrogens with zero attached hydrogens (tertiary/aromatic N) is 1. The molecule has 0 radical (unpaired) electrons. The number of carbonyl (C=O) groups is 2. The normalized spacial score (nSPS) is 18.9. The van der Waals surface area contributed by atoms with Crippen molar-refractivity contribution in [1.82, 2.24) is 10.2 Å². The Labute approximate surface area is 198 Å². The van der Waals surface area contributed by atoms with Crippen molar-refractivity contribution in [2.24, 2.45) is 0 Å². The Kier molecular flexibility index (Phi) is 7.75. The van der Waals surface area contributed by atoms with Crippen LogP contribution in [0.15, 0.2) is 54.6 Å². The predicted octanol–water partition coefficient (Wildman–Crippen LogP) is 4.96. The van der Waals surface area contributed by atoms with E-state index in [9.17, 15) is 9.59 Å². The number of carbonyl (C=O) groups excluding carboxylic acids is 2. The van der Waals surface area contributed by atoms with E-state index >= 15 is 0 Å². The molecule has 0 bridgehead atoms. The molecule has 0 saturated carbocycles. The number of ether oxygens (including phenoxy) is 1. The molecular weight excluding hydrogens is 503 g/mol. The van der Waals surface area contributed by atoms with Gasteiger partial charge in [-0.1, -0.05) is 43.7 Å². The Bertz CT molecular complexity index is 893. The molecule has 1 N–H and O–H groups in total. The largest absolute Gasteiger partial charge is 0.362 e. The number of hydrogen-bond donors (Lipinski definition) is 1. The maximum absolute atomic E-state index is 13.6. The van der Waals surface area contributed by atoms with Crippen LogP contribution < -0.4 is 5.32 Å². The van der Waals surface area contributed by atoms with Gasteiger partial charge in [-0.3, -0.25) is 9.59 Å². The van der Waals surface area contributed by atoms with Gasteiger partial charge in [0.15, 0.2) is 0 Å². The van der Waals surface area contributed by atoms with Crippen LogP contribution in [-0.2, 0) is 9.53 Å². The molecule has 2 amide bonds. The lowest BCUT2D eigenvalue weighted by molar-refractivity contribution is -0.128. The third-order valence-electron chi connectivity index (χ3n) is 5.37. The molecule has 5 nitrogen and oxygen atoms in total. The first-order valence-corrected chi connectivity index (χ1v) is 11.9. The van der Waals surface area contributed by atoms with Crippen LogP contribution in [-0.4, -0.2) is 40.9 Å². The van der Waals surface area contributed by atoms with Crippen LogP contribution in [0, 0.1) is 3.57 Å². The van der Waals surface area contributed by atoms with Gasteiger partial charge in [0.05, 0.1) is 0 Å². The van der Waals surface area contributed by atoms with Crippen LogP contribution in [0.25, 0.3) is 0 Å². The molecule has 31 heavy (non-hydrogen) atoms. The highest BCUT2D eigenvalue weighted by atomic mass is 127. The summed E-state index contributed by atoms with van der Waals surface area (Å²) in [5, 5.41) is 3.03. The summed E-state index contributed by atoms with van der Waals surface area (Å²) >= 11 is 2.22. The quantitative estimate of drug-likeness (QED) is 0.296. The molecule has 3 rings (SSSR count). The average molecular weight is 534 g/mol. The third-order valence-corrected chi connectivity index (χ3v) is 6.09. The number of hydrogen-bond acceptors (Lipinski definition) is 3. The molecule has 1 saturated heterocycles. The molecule has 0 aromatic heterocycles. The second kappa shape index (κ2) is 10.1. The summed E-state index contributed by atoms with van der Waals surface area (Å²) in [6.45, 7) is 8.56. The zero-order chi connectivity index (χ0) is 22.6. The van der Waals surface area contributed by atoms with Crippen molar-refractivity contribution >= 4 is 34.4 Å². The Morgan fingerprint density at radius 3 is 2.32 bits per heavy atom. The van der Waals surface area contributed by atoms with Crippen LogP contribution in [0.2, 0.25) is 0 Å². The fraction of sp³-hybridized carbons (Fsp3) is 0.440. The first kappa shape index (κ1) is 23.7. The number of epoxide rings is 1. The topological polar surface area (TPSA) is 61.9 Å². The first-order chi connectivity index (χ1) is 14.7. The van der Waals surface area contributed by atoms with Gasteiger partial charge in [-0.05, 0) is 79.6 Å². The second-order valence-electron chi connectivity index (χ2n) is 8.87. The van der Waals surface area contributed by atoms with Gasteiger partial charge in [-0.25, -0.2) is 0 Å². The SMILES string of the molecule is CCCCNC(=O)C([C@H]1O[C@@H]1c1ccccc1)N(C(=O)c1ccc(I)cc1)C(C)(C)C.